The fourth-order valence-electron chi connectivity index (χ4n) is 11.4. The molecule has 0 bridgehead atoms. The van der Waals surface area contributed by atoms with Crippen molar-refractivity contribution in [3.05, 3.63) is 191 Å². The second kappa shape index (κ2) is 20.5. The zero-order valence-electron chi connectivity index (χ0n) is 38.4. The lowest BCUT2D eigenvalue weighted by Crippen LogP contribution is -2.39. The molecule has 0 spiro atoms. The van der Waals surface area contributed by atoms with Crippen molar-refractivity contribution < 1.29 is 28.8 Å². The SMILES string of the molecule is OC(COc1ccc(C(c2ccccc2)(c2ccc(OCC3CC3)cc2)C2CCCCC2)cc1)COc1ccc(C(c2ccccc2)(c2ccc(OCC3CO3)cc2)C2CCCCC2)cc1. The van der Waals surface area contributed by atoms with Crippen LogP contribution in [0.25, 0.3) is 0 Å². The van der Waals surface area contributed by atoms with E-state index in [2.05, 4.69) is 158 Å². The lowest BCUT2D eigenvalue weighted by Gasteiger charge is -2.44. The van der Waals surface area contributed by atoms with Crippen LogP contribution in [0.15, 0.2) is 158 Å². The van der Waals surface area contributed by atoms with E-state index in [4.69, 9.17) is 23.7 Å². The molecule has 10 rings (SSSR count). The zero-order valence-corrected chi connectivity index (χ0v) is 38.4. The minimum Gasteiger partial charge on any atom is -0.493 e. The Kier molecular flexibility index (Phi) is 13.8. The van der Waals surface area contributed by atoms with Crippen LogP contribution in [-0.2, 0) is 15.6 Å². The van der Waals surface area contributed by atoms with E-state index >= 15 is 0 Å². The lowest BCUT2D eigenvalue weighted by molar-refractivity contribution is 0.0626. The lowest BCUT2D eigenvalue weighted by atomic mass is 9.58. The summed E-state index contributed by atoms with van der Waals surface area (Å²) in [6.45, 7) is 2.42. The fourth-order valence-corrected chi connectivity index (χ4v) is 11.4. The average molecular weight is 883 g/mol. The molecule has 1 N–H and O–H groups in total. The standard InChI is InChI=1S/C60H66O6/c61-53(40-63-55-33-25-50(26-34-55)59(45-13-5-1-6-14-45,46-15-7-2-8-16-46)49-23-31-54(32-24-49)62-39-44-21-22-44)41-64-56-35-27-51(28-36-56)60(47-17-9-3-10-18-47,48-19-11-4-12-20-48)52-29-37-57(38-30-52)65-42-58-43-66-58/h1,3,5-6,9-10,13-14,17-18,23-38,44,46,48,53,58,61H,2,4,7-8,11-12,15-16,19-22,39-43H2. The Bertz CT molecular complexity index is 2230. The number of aliphatic hydroxyl groups excluding tert-OH is 1. The molecule has 0 amide bonds. The summed E-state index contributed by atoms with van der Waals surface area (Å²) in [6, 6.07) is 57.0. The van der Waals surface area contributed by atoms with Crippen molar-refractivity contribution in [1.29, 1.82) is 0 Å². The van der Waals surface area contributed by atoms with Crippen LogP contribution >= 0.6 is 0 Å². The maximum Gasteiger partial charge on any atom is 0.122 e. The van der Waals surface area contributed by atoms with Gasteiger partial charge in [0.05, 0.1) is 13.2 Å². The molecule has 66 heavy (non-hydrogen) atoms. The van der Waals surface area contributed by atoms with Gasteiger partial charge in [0.15, 0.2) is 0 Å². The van der Waals surface area contributed by atoms with Crippen molar-refractivity contribution in [2.75, 3.05) is 33.0 Å². The fraction of sp³-hybridized carbons (Fsp3) is 0.400. The highest BCUT2D eigenvalue weighted by Crippen LogP contribution is 2.52. The quantitative estimate of drug-likeness (QED) is 0.0608. The van der Waals surface area contributed by atoms with E-state index in [1.807, 2.05) is 0 Å². The van der Waals surface area contributed by atoms with E-state index in [9.17, 15) is 5.11 Å². The highest BCUT2D eigenvalue weighted by atomic mass is 16.6. The Hall–Kier alpha value is -5.56. The van der Waals surface area contributed by atoms with Crippen molar-refractivity contribution >= 4 is 0 Å². The smallest absolute Gasteiger partial charge is 0.122 e. The van der Waals surface area contributed by atoms with Crippen LogP contribution in [0.1, 0.15) is 110 Å². The summed E-state index contributed by atoms with van der Waals surface area (Å²) in [5, 5.41) is 11.2. The van der Waals surface area contributed by atoms with Crippen LogP contribution in [0.4, 0.5) is 0 Å². The normalized spacial score (nSPS) is 20.0. The molecule has 0 aromatic heterocycles. The number of benzene rings is 6. The molecule has 342 valence electrons. The molecule has 4 aliphatic rings. The van der Waals surface area contributed by atoms with Crippen LogP contribution < -0.4 is 18.9 Å². The van der Waals surface area contributed by atoms with Crippen molar-refractivity contribution in [3.63, 3.8) is 0 Å². The summed E-state index contributed by atoms with van der Waals surface area (Å²) >= 11 is 0. The number of epoxide rings is 1. The van der Waals surface area contributed by atoms with E-state index in [0.29, 0.717) is 24.4 Å². The van der Waals surface area contributed by atoms with E-state index in [1.165, 1.54) is 97.6 Å². The molecule has 4 fully saturated rings. The molecule has 3 saturated carbocycles. The van der Waals surface area contributed by atoms with E-state index in [0.717, 1.165) is 49.1 Å². The second-order valence-electron chi connectivity index (χ2n) is 19.4. The van der Waals surface area contributed by atoms with Crippen LogP contribution in [-0.4, -0.2) is 50.3 Å². The van der Waals surface area contributed by atoms with E-state index in [1.54, 1.807) is 0 Å². The molecule has 6 heteroatoms. The van der Waals surface area contributed by atoms with E-state index < -0.39 is 6.10 Å². The first-order chi connectivity index (χ1) is 32.6. The molecule has 6 nitrogen and oxygen atoms in total. The highest BCUT2D eigenvalue weighted by molar-refractivity contribution is 5.55. The number of ether oxygens (including phenoxy) is 5. The molecule has 1 heterocycles. The minimum absolute atomic E-state index is 0.121. The summed E-state index contributed by atoms with van der Waals surface area (Å²) in [6.07, 6.45) is 14.2. The first kappa shape index (κ1) is 44.3. The summed E-state index contributed by atoms with van der Waals surface area (Å²) in [4.78, 5) is 0. The maximum absolute atomic E-state index is 11.2. The molecule has 1 aliphatic heterocycles. The van der Waals surface area contributed by atoms with Gasteiger partial charge in [0.25, 0.3) is 0 Å². The summed E-state index contributed by atoms with van der Waals surface area (Å²) in [5.74, 6) is 4.87. The first-order valence-corrected chi connectivity index (χ1v) is 24.9. The Morgan fingerprint density at radius 3 is 1.09 bits per heavy atom. The van der Waals surface area contributed by atoms with Gasteiger partial charge in [-0.3, -0.25) is 0 Å². The summed E-state index contributed by atoms with van der Waals surface area (Å²) < 4.78 is 30.1. The topological polar surface area (TPSA) is 69.7 Å². The Morgan fingerprint density at radius 1 is 0.409 bits per heavy atom. The molecule has 1 saturated heterocycles. The number of hydrogen-bond donors (Lipinski definition) is 1. The Morgan fingerprint density at radius 2 is 0.742 bits per heavy atom. The van der Waals surface area contributed by atoms with Crippen LogP contribution in [0.5, 0.6) is 23.0 Å². The largest absolute Gasteiger partial charge is 0.493 e. The van der Waals surface area contributed by atoms with Gasteiger partial charge < -0.3 is 28.8 Å². The number of rotatable bonds is 20. The van der Waals surface area contributed by atoms with Gasteiger partial charge in [-0.2, -0.15) is 0 Å². The molecular weight excluding hydrogens is 817 g/mol. The number of hydrogen-bond acceptors (Lipinski definition) is 6. The third-order valence-electron chi connectivity index (χ3n) is 15.0. The second-order valence-corrected chi connectivity index (χ2v) is 19.4. The van der Waals surface area contributed by atoms with Gasteiger partial charge in [-0.25, -0.2) is 0 Å². The predicted octanol–water partition coefficient (Wildman–Crippen LogP) is 12.9. The molecule has 4 unspecified atom stereocenters. The van der Waals surface area contributed by atoms with Crippen molar-refractivity contribution in [3.8, 4) is 23.0 Å². The average Bonchev–Trinajstić information content (AvgIpc) is 4.35. The van der Waals surface area contributed by atoms with Crippen molar-refractivity contribution in [2.45, 2.75) is 100 Å². The van der Waals surface area contributed by atoms with Gasteiger partial charge >= 0.3 is 0 Å². The molecular formula is C60H66O6. The maximum atomic E-state index is 11.2. The molecule has 3 aliphatic carbocycles. The predicted molar refractivity (Wildman–Crippen MR) is 262 cm³/mol. The zero-order chi connectivity index (χ0) is 44.6. The molecule has 6 aromatic carbocycles. The van der Waals surface area contributed by atoms with Gasteiger partial charge in [-0.05, 0) is 138 Å². The van der Waals surface area contributed by atoms with E-state index in [-0.39, 0.29) is 30.1 Å². The highest BCUT2D eigenvalue weighted by Gasteiger charge is 2.45. The van der Waals surface area contributed by atoms with Gasteiger partial charge in [-0.15, -0.1) is 0 Å². The van der Waals surface area contributed by atoms with Crippen LogP contribution in [0.2, 0.25) is 0 Å². The Balaban J connectivity index is 0.839. The Labute approximate surface area is 392 Å². The first-order valence-electron chi connectivity index (χ1n) is 24.9. The summed E-state index contributed by atoms with van der Waals surface area (Å²) in [5.41, 5.74) is 7.03. The van der Waals surface area contributed by atoms with Crippen LogP contribution in [0, 0.1) is 17.8 Å². The van der Waals surface area contributed by atoms with Crippen LogP contribution in [0.3, 0.4) is 0 Å². The van der Waals surface area contributed by atoms with Crippen molar-refractivity contribution in [1.82, 2.24) is 0 Å². The third-order valence-corrected chi connectivity index (χ3v) is 15.0. The van der Waals surface area contributed by atoms with Gasteiger partial charge in [-0.1, -0.05) is 148 Å². The number of aliphatic hydroxyl groups is 1. The van der Waals surface area contributed by atoms with Gasteiger partial charge in [0.1, 0.15) is 55.0 Å². The third kappa shape index (κ3) is 9.78. The molecule has 6 aromatic rings. The minimum atomic E-state index is -0.812. The van der Waals surface area contributed by atoms with Crippen molar-refractivity contribution in [2.24, 2.45) is 17.8 Å². The monoisotopic (exact) mass is 882 g/mol. The molecule has 0 radical (unpaired) electrons. The van der Waals surface area contributed by atoms with Gasteiger partial charge in [0.2, 0.25) is 0 Å². The van der Waals surface area contributed by atoms with Gasteiger partial charge in [0, 0.05) is 10.8 Å². The summed E-state index contributed by atoms with van der Waals surface area (Å²) in [7, 11) is 0. The molecule has 4 atom stereocenters.